The molecule has 0 aliphatic carbocycles. The number of hydrogen-bond acceptors (Lipinski definition) is 3. The van der Waals surface area contributed by atoms with Crippen LogP contribution in [0.2, 0.25) is 0 Å². The summed E-state index contributed by atoms with van der Waals surface area (Å²) >= 11 is 0. The number of aliphatic carboxylic acids is 1. The predicted molar refractivity (Wildman–Crippen MR) is 69.5 cm³/mol. The molecule has 3 N–H and O–H groups in total. The minimum atomic E-state index is -1.05. The van der Waals surface area contributed by atoms with Crippen LogP contribution >= 0.6 is 0 Å². The first-order valence-corrected chi connectivity index (χ1v) is 5.95. The van der Waals surface area contributed by atoms with Crippen LogP contribution in [-0.2, 0) is 18.4 Å². The third-order valence-corrected chi connectivity index (χ3v) is 2.60. The predicted octanol–water partition coefficient (Wildman–Crippen LogP) is 0.719. The maximum Gasteiger partial charge on any atom is 0.326 e. The summed E-state index contributed by atoms with van der Waals surface area (Å²) in [7, 11) is 1.78. The van der Waals surface area contributed by atoms with Gasteiger partial charge in [-0.1, -0.05) is 20.8 Å². The second kappa shape index (κ2) is 5.73. The molecule has 1 atom stereocenters. The summed E-state index contributed by atoms with van der Waals surface area (Å²) in [6.45, 7) is 5.57. The molecule has 0 aliphatic rings. The Morgan fingerprint density at radius 2 is 2.11 bits per heavy atom. The van der Waals surface area contributed by atoms with E-state index in [4.69, 9.17) is 5.11 Å². The fourth-order valence-electron chi connectivity index (χ4n) is 1.58. The summed E-state index contributed by atoms with van der Waals surface area (Å²) in [4.78, 5) is 22.8. The summed E-state index contributed by atoms with van der Waals surface area (Å²) in [6.07, 6.45) is 3.41. The average Bonchev–Trinajstić information content (AvgIpc) is 2.67. The first-order chi connectivity index (χ1) is 8.70. The van der Waals surface area contributed by atoms with E-state index in [2.05, 4.69) is 15.7 Å². The molecule has 0 spiro atoms. The number of amides is 2. The molecule has 7 nitrogen and oxygen atoms in total. The number of urea groups is 1. The number of nitrogens with one attached hydrogen (secondary N) is 2. The minimum absolute atomic E-state index is 0.302. The van der Waals surface area contributed by atoms with E-state index in [1.54, 1.807) is 44.9 Å². The second-order valence-electron chi connectivity index (χ2n) is 5.49. The second-order valence-corrected chi connectivity index (χ2v) is 5.49. The van der Waals surface area contributed by atoms with Gasteiger partial charge < -0.3 is 15.7 Å². The number of carboxylic acids is 1. The van der Waals surface area contributed by atoms with Crippen LogP contribution in [0.25, 0.3) is 0 Å². The number of aryl methyl sites for hydroxylation is 1. The van der Waals surface area contributed by atoms with E-state index < -0.39 is 23.5 Å². The zero-order chi connectivity index (χ0) is 14.6. The highest BCUT2D eigenvalue weighted by molar-refractivity contribution is 5.83. The van der Waals surface area contributed by atoms with Gasteiger partial charge in [0.05, 0.1) is 6.20 Å². The molecular weight excluding hydrogens is 248 g/mol. The van der Waals surface area contributed by atoms with Gasteiger partial charge in [-0.3, -0.25) is 4.68 Å². The maximum absolute atomic E-state index is 11.7. The fourth-order valence-corrected chi connectivity index (χ4v) is 1.58. The summed E-state index contributed by atoms with van der Waals surface area (Å²) in [5.74, 6) is -1.05. The van der Waals surface area contributed by atoms with Gasteiger partial charge in [-0.05, 0) is 5.41 Å². The minimum Gasteiger partial charge on any atom is -0.480 e. The van der Waals surface area contributed by atoms with Gasteiger partial charge in [-0.15, -0.1) is 0 Å². The van der Waals surface area contributed by atoms with E-state index in [0.717, 1.165) is 5.56 Å². The van der Waals surface area contributed by atoms with Gasteiger partial charge in [0.15, 0.2) is 0 Å². The Hall–Kier alpha value is -2.05. The zero-order valence-corrected chi connectivity index (χ0v) is 11.6. The molecule has 0 aliphatic heterocycles. The number of carbonyl (C=O) groups is 2. The molecule has 0 saturated carbocycles. The molecule has 2 amide bonds. The highest BCUT2D eigenvalue weighted by Crippen LogP contribution is 2.19. The monoisotopic (exact) mass is 268 g/mol. The van der Waals surface area contributed by atoms with Crippen LogP contribution in [0.1, 0.15) is 26.3 Å². The standard InChI is InChI=1S/C12H20N4O3/c1-12(2,3)9(10(17)18)15-11(19)13-5-8-6-14-16(4)7-8/h6-7,9H,5H2,1-4H3,(H,17,18)(H2,13,15,19)/t9-/m0/s1. The molecule has 0 aromatic carbocycles. The van der Waals surface area contributed by atoms with Gasteiger partial charge in [0.1, 0.15) is 6.04 Å². The average molecular weight is 268 g/mol. The highest BCUT2D eigenvalue weighted by Gasteiger charge is 2.32. The molecule has 0 fully saturated rings. The van der Waals surface area contributed by atoms with Gasteiger partial charge >= 0.3 is 12.0 Å². The van der Waals surface area contributed by atoms with Crippen molar-refractivity contribution in [2.24, 2.45) is 12.5 Å². The van der Waals surface area contributed by atoms with E-state index >= 15 is 0 Å². The third-order valence-electron chi connectivity index (χ3n) is 2.60. The Kier molecular flexibility index (Phi) is 4.52. The van der Waals surface area contributed by atoms with Crippen molar-refractivity contribution in [2.75, 3.05) is 0 Å². The normalized spacial score (nSPS) is 12.8. The van der Waals surface area contributed by atoms with E-state index in [-0.39, 0.29) is 0 Å². The lowest BCUT2D eigenvalue weighted by atomic mass is 9.87. The van der Waals surface area contributed by atoms with Crippen molar-refractivity contribution in [2.45, 2.75) is 33.4 Å². The van der Waals surface area contributed by atoms with Crippen LogP contribution in [0.3, 0.4) is 0 Å². The summed E-state index contributed by atoms with van der Waals surface area (Å²) in [5, 5.41) is 18.1. The Labute approximate surface area is 112 Å². The molecule has 106 valence electrons. The van der Waals surface area contributed by atoms with Crippen LogP contribution in [0.4, 0.5) is 4.79 Å². The van der Waals surface area contributed by atoms with Crippen LogP contribution in [-0.4, -0.2) is 32.9 Å². The third kappa shape index (κ3) is 4.61. The lowest BCUT2D eigenvalue weighted by Gasteiger charge is -2.27. The van der Waals surface area contributed by atoms with Crippen LogP contribution in [0.15, 0.2) is 12.4 Å². The molecule has 19 heavy (non-hydrogen) atoms. The first-order valence-electron chi connectivity index (χ1n) is 5.95. The van der Waals surface area contributed by atoms with Gasteiger partial charge in [0.2, 0.25) is 0 Å². The van der Waals surface area contributed by atoms with Crippen LogP contribution in [0, 0.1) is 5.41 Å². The molecule has 0 saturated heterocycles. The molecule has 1 heterocycles. The van der Waals surface area contributed by atoms with E-state index in [0.29, 0.717) is 6.54 Å². The van der Waals surface area contributed by atoms with Crippen molar-refractivity contribution < 1.29 is 14.7 Å². The van der Waals surface area contributed by atoms with Gasteiger partial charge in [-0.2, -0.15) is 5.10 Å². The van der Waals surface area contributed by atoms with E-state index in [1.807, 2.05) is 0 Å². The van der Waals surface area contributed by atoms with Gasteiger partial charge in [0.25, 0.3) is 0 Å². The Balaban J connectivity index is 2.52. The SMILES string of the molecule is Cn1cc(CNC(=O)N[C@@H](C(=O)O)C(C)(C)C)cn1. The quantitative estimate of drug-likeness (QED) is 0.749. The molecular formula is C12H20N4O3. The number of aromatic nitrogens is 2. The van der Waals surface area contributed by atoms with E-state index in [1.165, 1.54) is 0 Å². The number of nitrogens with zero attached hydrogens (tertiary/aromatic N) is 2. The fraction of sp³-hybridized carbons (Fsp3) is 0.583. The lowest BCUT2D eigenvalue weighted by Crippen LogP contribution is -2.52. The maximum atomic E-state index is 11.7. The van der Waals surface area contributed by atoms with Crippen molar-refractivity contribution >= 4 is 12.0 Å². The number of rotatable bonds is 4. The van der Waals surface area contributed by atoms with Gasteiger partial charge in [-0.25, -0.2) is 9.59 Å². The molecule has 0 radical (unpaired) electrons. The highest BCUT2D eigenvalue weighted by atomic mass is 16.4. The van der Waals surface area contributed by atoms with Crippen molar-refractivity contribution in [1.29, 1.82) is 0 Å². The molecule has 0 bridgehead atoms. The molecule has 1 aromatic rings. The number of carbonyl (C=O) groups excluding carboxylic acids is 1. The zero-order valence-electron chi connectivity index (χ0n) is 11.6. The number of carboxylic acid groups (broad SMARTS) is 1. The Morgan fingerprint density at radius 3 is 2.53 bits per heavy atom. The van der Waals surface area contributed by atoms with Gasteiger partial charge in [0, 0.05) is 25.4 Å². The summed E-state index contributed by atoms with van der Waals surface area (Å²) in [5.41, 5.74) is 0.289. The van der Waals surface area contributed by atoms with Crippen molar-refractivity contribution in [1.82, 2.24) is 20.4 Å². The van der Waals surface area contributed by atoms with Crippen LogP contribution < -0.4 is 10.6 Å². The topological polar surface area (TPSA) is 96.2 Å². The smallest absolute Gasteiger partial charge is 0.326 e. The molecule has 1 aromatic heterocycles. The summed E-state index contributed by atoms with van der Waals surface area (Å²) < 4.78 is 1.63. The Morgan fingerprint density at radius 1 is 1.47 bits per heavy atom. The van der Waals surface area contributed by atoms with Crippen molar-refractivity contribution in [3.05, 3.63) is 18.0 Å². The largest absolute Gasteiger partial charge is 0.480 e. The van der Waals surface area contributed by atoms with E-state index in [9.17, 15) is 9.59 Å². The molecule has 7 heteroatoms. The molecule has 0 unspecified atom stereocenters. The number of hydrogen-bond donors (Lipinski definition) is 3. The molecule has 1 rings (SSSR count). The summed E-state index contributed by atoms with van der Waals surface area (Å²) in [6, 6.07) is -1.45. The van der Waals surface area contributed by atoms with Crippen molar-refractivity contribution in [3.63, 3.8) is 0 Å². The first kappa shape index (κ1) is 15.0. The lowest BCUT2D eigenvalue weighted by molar-refractivity contribution is -0.141. The Bertz CT molecular complexity index is 462. The van der Waals surface area contributed by atoms with Crippen LogP contribution in [0.5, 0.6) is 0 Å². The van der Waals surface area contributed by atoms with Crippen molar-refractivity contribution in [3.8, 4) is 0 Å².